The molecule has 1 saturated heterocycles. The summed E-state index contributed by atoms with van der Waals surface area (Å²) in [7, 11) is 0. The second kappa shape index (κ2) is 10.0. The molecular formula is C27H29N5. The van der Waals surface area contributed by atoms with Crippen LogP contribution in [0.5, 0.6) is 0 Å². The van der Waals surface area contributed by atoms with Gasteiger partial charge in [0.1, 0.15) is 0 Å². The van der Waals surface area contributed by atoms with E-state index in [2.05, 4.69) is 92.8 Å². The average Bonchev–Trinajstić information content (AvgIpc) is 3.26. The third-order valence-electron chi connectivity index (χ3n) is 5.99. The van der Waals surface area contributed by atoms with Crippen molar-refractivity contribution >= 4 is 22.2 Å². The SMILES string of the molecule is C=C(/C(=C\C=C/C)N1CCN(c2ccncc2)CC1)c1ccc2c(ccn2CCC#N)c1. The van der Waals surface area contributed by atoms with Gasteiger partial charge < -0.3 is 14.4 Å². The van der Waals surface area contributed by atoms with E-state index >= 15 is 0 Å². The topological polar surface area (TPSA) is 48.1 Å². The van der Waals surface area contributed by atoms with Crippen molar-refractivity contribution in [1.82, 2.24) is 14.5 Å². The number of nitrogens with zero attached hydrogens (tertiary/aromatic N) is 5. The van der Waals surface area contributed by atoms with Crippen LogP contribution < -0.4 is 4.90 Å². The van der Waals surface area contributed by atoms with Gasteiger partial charge in [-0.05, 0) is 54.5 Å². The second-order valence-electron chi connectivity index (χ2n) is 7.93. The third-order valence-corrected chi connectivity index (χ3v) is 5.99. The summed E-state index contributed by atoms with van der Waals surface area (Å²) >= 11 is 0. The predicted molar refractivity (Wildman–Crippen MR) is 132 cm³/mol. The maximum Gasteiger partial charge on any atom is 0.0640 e. The summed E-state index contributed by atoms with van der Waals surface area (Å²) in [5.74, 6) is 0. The van der Waals surface area contributed by atoms with Gasteiger partial charge in [0.2, 0.25) is 0 Å². The summed E-state index contributed by atoms with van der Waals surface area (Å²) in [5, 5.41) is 10.1. The number of hydrogen-bond acceptors (Lipinski definition) is 4. The zero-order chi connectivity index (χ0) is 22.3. The van der Waals surface area contributed by atoms with E-state index in [1.54, 1.807) is 0 Å². The van der Waals surface area contributed by atoms with Gasteiger partial charge in [-0.3, -0.25) is 4.98 Å². The molecular weight excluding hydrogens is 394 g/mol. The van der Waals surface area contributed by atoms with Gasteiger partial charge in [0.25, 0.3) is 0 Å². The van der Waals surface area contributed by atoms with E-state index in [0.29, 0.717) is 13.0 Å². The van der Waals surface area contributed by atoms with Gasteiger partial charge in [0, 0.05) is 73.6 Å². The fourth-order valence-electron chi connectivity index (χ4n) is 4.25. The zero-order valence-electron chi connectivity index (χ0n) is 18.6. The summed E-state index contributed by atoms with van der Waals surface area (Å²) in [4.78, 5) is 8.97. The van der Waals surface area contributed by atoms with Crippen LogP contribution >= 0.6 is 0 Å². The summed E-state index contributed by atoms with van der Waals surface area (Å²) in [6, 6.07) is 15.0. The van der Waals surface area contributed by atoms with Crippen LogP contribution in [-0.2, 0) is 6.54 Å². The van der Waals surface area contributed by atoms with Gasteiger partial charge in [-0.2, -0.15) is 5.26 Å². The number of aromatic nitrogens is 2. The molecule has 3 heterocycles. The van der Waals surface area contributed by atoms with Crippen LogP contribution in [0.1, 0.15) is 18.9 Å². The highest BCUT2D eigenvalue weighted by Crippen LogP contribution is 2.29. The zero-order valence-corrected chi connectivity index (χ0v) is 18.6. The number of allylic oxidation sites excluding steroid dienone is 4. The lowest BCUT2D eigenvalue weighted by molar-refractivity contribution is 0.333. The number of nitriles is 1. The van der Waals surface area contributed by atoms with Crippen LogP contribution in [0.15, 0.2) is 85.5 Å². The summed E-state index contributed by atoms with van der Waals surface area (Å²) < 4.78 is 2.14. The minimum Gasteiger partial charge on any atom is -0.368 e. The molecule has 0 saturated carbocycles. The van der Waals surface area contributed by atoms with Crippen molar-refractivity contribution in [2.75, 3.05) is 31.1 Å². The number of benzene rings is 1. The predicted octanol–water partition coefficient (Wildman–Crippen LogP) is 5.25. The first-order valence-electron chi connectivity index (χ1n) is 11.1. The Balaban J connectivity index is 1.53. The van der Waals surface area contributed by atoms with Crippen LogP contribution in [0.25, 0.3) is 16.5 Å². The molecule has 162 valence electrons. The van der Waals surface area contributed by atoms with E-state index < -0.39 is 0 Å². The van der Waals surface area contributed by atoms with Crippen molar-refractivity contribution in [2.24, 2.45) is 0 Å². The van der Waals surface area contributed by atoms with Gasteiger partial charge in [-0.25, -0.2) is 0 Å². The Bertz CT molecular complexity index is 1170. The number of aryl methyl sites for hydroxylation is 1. The summed E-state index contributed by atoms with van der Waals surface area (Å²) in [6.07, 6.45) is 12.6. The third kappa shape index (κ3) is 4.60. The lowest BCUT2D eigenvalue weighted by Crippen LogP contribution is -2.46. The van der Waals surface area contributed by atoms with Gasteiger partial charge >= 0.3 is 0 Å². The molecule has 5 nitrogen and oxygen atoms in total. The first kappa shape index (κ1) is 21.5. The normalized spacial score (nSPS) is 14.8. The van der Waals surface area contributed by atoms with Crippen LogP contribution in [-0.4, -0.2) is 40.6 Å². The Morgan fingerprint density at radius 1 is 1.12 bits per heavy atom. The monoisotopic (exact) mass is 423 g/mol. The molecule has 3 aromatic rings. The summed E-state index contributed by atoms with van der Waals surface area (Å²) in [5.41, 5.74) is 5.71. The Kier molecular flexibility index (Phi) is 6.72. The number of anilines is 1. The number of pyridine rings is 1. The molecule has 0 bridgehead atoms. The molecule has 32 heavy (non-hydrogen) atoms. The van der Waals surface area contributed by atoms with Gasteiger partial charge in [0.15, 0.2) is 0 Å². The first-order valence-corrected chi connectivity index (χ1v) is 11.1. The van der Waals surface area contributed by atoms with Crippen molar-refractivity contribution in [2.45, 2.75) is 19.9 Å². The highest BCUT2D eigenvalue weighted by Gasteiger charge is 2.21. The highest BCUT2D eigenvalue weighted by molar-refractivity contribution is 5.87. The first-order chi connectivity index (χ1) is 15.7. The largest absolute Gasteiger partial charge is 0.368 e. The van der Waals surface area contributed by atoms with Crippen molar-refractivity contribution in [3.05, 3.63) is 91.1 Å². The molecule has 2 aromatic heterocycles. The molecule has 5 heteroatoms. The maximum atomic E-state index is 8.89. The number of fused-ring (bicyclic) bond motifs is 1. The van der Waals surface area contributed by atoms with E-state index in [0.717, 1.165) is 42.8 Å². The molecule has 4 rings (SSSR count). The molecule has 0 radical (unpaired) electrons. The molecule has 0 aliphatic carbocycles. The fraction of sp³-hybridized carbons (Fsp3) is 0.259. The molecule has 1 fully saturated rings. The molecule has 0 spiro atoms. The van der Waals surface area contributed by atoms with Crippen molar-refractivity contribution in [3.8, 4) is 6.07 Å². The maximum absolute atomic E-state index is 8.89. The van der Waals surface area contributed by atoms with Crippen molar-refractivity contribution in [1.29, 1.82) is 5.26 Å². The van der Waals surface area contributed by atoms with E-state index in [1.165, 1.54) is 16.8 Å². The number of piperazine rings is 1. The summed E-state index contributed by atoms with van der Waals surface area (Å²) in [6.45, 7) is 11.0. The van der Waals surface area contributed by atoms with Crippen molar-refractivity contribution in [3.63, 3.8) is 0 Å². The Morgan fingerprint density at radius 2 is 1.91 bits per heavy atom. The second-order valence-corrected chi connectivity index (χ2v) is 7.93. The van der Waals surface area contributed by atoms with Crippen molar-refractivity contribution < 1.29 is 0 Å². The smallest absolute Gasteiger partial charge is 0.0640 e. The quantitative estimate of drug-likeness (QED) is 0.487. The van der Waals surface area contributed by atoms with E-state index in [9.17, 15) is 0 Å². The Labute approximate surface area is 190 Å². The highest BCUT2D eigenvalue weighted by atomic mass is 15.3. The Hall–Kier alpha value is -3.78. The minimum atomic E-state index is 0.514. The standard InChI is InChI=1S/C27H29N5/c1-3-4-6-26(32-19-17-30(18-20-32)25-9-13-29-14-10-25)22(2)23-7-8-27-24(21-23)11-16-31(27)15-5-12-28/h3-4,6-11,13-14,16,21H,2,5,15,17-20H2,1H3/b4-3-,26-6+. The molecule has 1 aliphatic heterocycles. The number of hydrogen-bond donors (Lipinski definition) is 0. The number of rotatable bonds is 7. The Morgan fingerprint density at radius 3 is 2.62 bits per heavy atom. The van der Waals surface area contributed by atoms with Gasteiger partial charge in [-0.1, -0.05) is 24.8 Å². The fourth-order valence-corrected chi connectivity index (χ4v) is 4.25. The van der Waals surface area contributed by atoms with Crippen LogP contribution in [0.4, 0.5) is 5.69 Å². The van der Waals surface area contributed by atoms with Crippen LogP contribution in [0.3, 0.4) is 0 Å². The van der Waals surface area contributed by atoms with Gasteiger partial charge in [-0.15, -0.1) is 0 Å². The molecule has 1 aromatic carbocycles. The molecule has 0 atom stereocenters. The molecule has 0 unspecified atom stereocenters. The van der Waals surface area contributed by atoms with E-state index in [4.69, 9.17) is 5.26 Å². The van der Waals surface area contributed by atoms with Crippen LogP contribution in [0, 0.1) is 11.3 Å². The molecule has 0 N–H and O–H groups in total. The van der Waals surface area contributed by atoms with Crippen LogP contribution in [0.2, 0.25) is 0 Å². The van der Waals surface area contributed by atoms with E-state index in [-0.39, 0.29) is 0 Å². The van der Waals surface area contributed by atoms with E-state index in [1.807, 2.05) is 19.3 Å². The molecule has 1 aliphatic rings. The average molecular weight is 424 g/mol. The van der Waals surface area contributed by atoms with Gasteiger partial charge in [0.05, 0.1) is 12.5 Å². The lowest BCUT2D eigenvalue weighted by Gasteiger charge is -2.39. The lowest BCUT2D eigenvalue weighted by atomic mass is 10.0. The minimum absolute atomic E-state index is 0.514. The molecule has 0 amide bonds.